The minimum atomic E-state index is -0.757. The lowest BCUT2D eigenvalue weighted by Crippen LogP contribution is -2.10. The van der Waals surface area contributed by atoms with Gasteiger partial charge in [-0.25, -0.2) is 4.79 Å². The number of fused-ring (bicyclic) bond motifs is 1. The Morgan fingerprint density at radius 3 is 2.67 bits per heavy atom. The van der Waals surface area contributed by atoms with Crippen LogP contribution in [0.4, 0.5) is 0 Å². The molecule has 6 nitrogen and oxygen atoms in total. The number of hydrogen-bond donors (Lipinski definition) is 1. The van der Waals surface area contributed by atoms with E-state index >= 15 is 0 Å². The summed E-state index contributed by atoms with van der Waals surface area (Å²) in [5.74, 6) is -0.939. The fourth-order valence-corrected chi connectivity index (χ4v) is 1.57. The summed E-state index contributed by atoms with van der Waals surface area (Å²) in [6.07, 6.45) is 0. The van der Waals surface area contributed by atoms with Crippen molar-refractivity contribution in [3.63, 3.8) is 0 Å². The lowest BCUT2D eigenvalue weighted by Gasteiger charge is -2.09. The standard InChI is InChI=1S/C12H10O6/c1-6(13)17-10-8-5-7(14)3-4-9(8)18-12(15)11(10)16-2/h3-5,14H,1-2H3. The Kier molecular flexibility index (Phi) is 2.93. The molecule has 1 N–H and O–H groups in total. The van der Waals surface area contributed by atoms with Crippen LogP contribution in [0.5, 0.6) is 17.2 Å². The van der Waals surface area contributed by atoms with E-state index in [1.807, 2.05) is 0 Å². The number of phenols is 1. The normalized spacial score (nSPS) is 10.3. The number of carbonyl (C=O) groups is 1. The Labute approximate surface area is 101 Å². The largest absolute Gasteiger partial charge is 0.508 e. The lowest BCUT2D eigenvalue weighted by molar-refractivity contribution is -0.131. The molecule has 0 amide bonds. The van der Waals surface area contributed by atoms with Gasteiger partial charge in [0.2, 0.25) is 5.75 Å². The summed E-state index contributed by atoms with van der Waals surface area (Å²) in [7, 11) is 1.26. The van der Waals surface area contributed by atoms with Crippen molar-refractivity contribution in [2.75, 3.05) is 7.11 Å². The molecular weight excluding hydrogens is 240 g/mol. The number of rotatable bonds is 2. The van der Waals surface area contributed by atoms with E-state index in [0.717, 1.165) is 0 Å². The number of phenolic OH excluding ortho intramolecular Hbond substituents is 1. The van der Waals surface area contributed by atoms with Gasteiger partial charge in [-0.1, -0.05) is 0 Å². The first-order chi connectivity index (χ1) is 8.52. The highest BCUT2D eigenvalue weighted by Gasteiger charge is 2.18. The summed E-state index contributed by atoms with van der Waals surface area (Å²) in [4.78, 5) is 22.7. The van der Waals surface area contributed by atoms with Crippen LogP contribution in [-0.2, 0) is 4.79 Å². The van der Waals surface area contributed by atoms with Crippen LogP contribution in [0.15, 0.2) is 27.4 Å². The topological polar surface area (TPSA) is 86.0 Å². The van der Waals surface area contributed by atoms with Crippen LogP contribution < -0.4 is 15.1 Å². The van der Waals surface area contributed by atoms with E-state index in [1.54, 1.807) is 0 Å². The van der Waals surface area contributed by atoms with Gasteiger partial charge in [0.15, 0.2) is 5.75 Å². The van der Waals surface area contributed by atoms with Gasteiger partial charge < -0.3 is 19.0 Å². The van der Waals surface area contributed by atoms with Gasteiger partial charge in [0.05, 0.1) is 12.5 Å². The van der Waals surface area contributed by atoms with Crippen molar-refractivity contribution in [3.05, 3.63) is 28.6 Å². The summed E-state index contributed by atoms with van der Waals surface area (Å²) in [5, 5.41) is 9.70. The summed E-state index contributed by atoms with van der Waals surface area (Å²) in [6.45, 7) is 1.20. The Morgan fingerprint density at radius 2 is 2.06 bits per heavy atom. The summed E-state index contributed by atoms with van der Waals surface area (Å²) < 4.78 is 14.8. The molecule has 0 atom stereocenters. The number of benzene rings is 1. The quantitative estimate of drug-likeness (QED) is 0.641. The lowest BCUT2D eigenvalue weighted by atomic mass is 10.2. The molecule has 0 aliphatic rings. The number of carbonyl (C=O) groups excluding carboxylic acids is 1. The van der Waals surface area contributed by atoms with E-state index in [-0.39, 0.29) is 28.2 Å². The maximum Gasteiger partial charge on any atom is 0.383 e. The van der Waals surface area contributed by atoms with Crippen LogP contribution in [0.3, 0.4) is 0 Å². The molecule has 1 heterocycles. The Hall–Kier alpha value is -2.50. The van der Waals surface area contributed by atoms with Crippen molar-refractivity contribution in [2.45, 2.75) is 6.92 Å². The van der Waals surface area contributed by atoms with Crippen molar-refractivity contribution in [2.24, 2.45) is 0 Å². The van der Waals surface area contributed by atoms with Crippen molar-refractivity contribution in [1.82, 2.24) is 0 Å². The monoisotopic (exact) mass is 250 g/mol. The summed E-state index contributed by atoms with van der Waals surface area (Å²) in [6, 6.07) is 4.08. The molecule has 0 saturated heterocycles. The first-order valence-electron chi connectivity index (χ1n) is 5.05. The van der Waals surface area contributed by atoms with Gasteiger partial charge in [-0.3, -0.25) is 4.79 Å². The number of esters is 1. The Balaban J connectivity index is 2.85. The Bertz CT molecular complexity index is 670. The van der Waals surface area contributed by atoms with E-state index in [4.69, 9.17) is 13.9 Å². The van der Waals surface area contributed by atoms with E-state index in [0.29, 0.717) is 0 Å². The molecule has 0 fully saturated rings. The molecule has 1 aromatic heterocycles. The van der Waals surface area contributed by atoms with Crippen molar-refractivity contribution in [3.8, 4) is 17.2 Å². The second kappa shape index (κ2) is 4.40. The zero-order valence-corrected chi connectivity index (χ0v) is 9.72. The first-order valence-corrected chi connectivity index (χ1v) is 5.05. The second-order valence-corrected chi connectivity index (χ2v) is 3.53. The molecule has 0 aliphatic heterocycles. The van der Waals surface area contributed by atoms with E-state index in [1.165, 1.54) is 32.2 Å². The van der Waals surface area contributed by atoms with Crippen LogP contribution in [-0.4, -0.2) is 18.2 Å². The third-order valence-electron chi connectivity index (χ3n) is 2.25. The average molecular weight is 250 g/mol. The highest BCUT2D eigenvalue weighted by Crippen LogP contribution is 2.34. The predicted molar refractivity (Wildman–Crippen MR) is 62.0 cm³/mol. The minimum absolute atomic E-state index is 0.0493. The molecule has 0 spiro atoms. The van der Waals surface area contributed by atoms with E-state index < -0.39 is 11.6 Å². The third kappa shape index (κ3) is 2.00. The van der Waals surface area contributed by atoms with Crippen LogP contribution in [0, 0.1) is 0 Å². The van der Waals surface area contributed by atoms with Crippen LogP contribution in [0.25, 0.3) is 11.0 Å². The molecular formula is C12H10O6. The molecule has 0 aliphatic carbocycles. The zero-order chi connectivity index (χ0) is 13.3. The first kappa shape index (κ1) is 12.0. The highest BCUT2D eigenvalue weighted by molar-refractivity contribution is 5.89. The molecule has 94 valence electrons. The maximum absolute atomic E-state index is 11.6. The predicted octanol–water partition coefficient (Wildman–Crippen LogP) is 1.43. The van der Waals surface area contributed by atoms with Gasteiger partial charge >= 0.3 is 11.6 Å². The molecule has 2 rings (SSSR count). The molecule has 0 radical (unpaired) electrons. The zero-order valence-electron chi connectivity index (χ0n) is 9.72. The molecule has 2 aromatic rings. The van der Waals surface area contributed by atoms with Crippen molar-refractivity contribution < 1.29 is 23.8 Å². The third-order valence-corrected chi connectivity index (χ3v) is 2.25. The van der Waals surface area contributed by atoms with Crippen molar-refractivity contribution >= 4 is 16.9 Å². The van der Waals surface area contributed by atoms with Crippen molar-refractivity contribution in [1.29, 1.82) is 0 Å². The molecule has 18 heavy (non-hydrogen) atoms. The fourth-order valence-electron chi connectivity index (χ4n) is 1.57. The molecule has 1 aromatic carbocycles. The molecule has 0 unspecified atom stereocenters. The van der Waals surface area contributed by atoms with E-state index in [2.05, 4.69) is 0 Å². The van der Waals surface area contributed by atoms with Gasteiger partial charge in [-0.2, -0.15) is 0 Å². The summed E-state index contributed by atoms with van der Waals surface area (Å²) >= 11 is 0. The highest BCUT2D eigenvalue weighted by atomic mass is 16.6. The number of hydrogen-bond acceptors (Lipinski definition) is 6. The minimum Gasteiger partial charge on any atom is -0.508 e. The number of aromatic hydroxyl groups is 1. The fraction of sp³-hybridized carbons (Fsp3) is 0.167. The number of methoxy groups -OCH3 is 1. The van der Waals surface area contributed by atoms with Crippen LogP contribution in [0.2, 0.25) is 0 Å². The smallest absolute Gasteiger partial charge is 0.383 e. The van der Waals surface area contributed by atoms with Crippen LogP contribution >= 0.6 is 0 Å². The second-order valence-electron chi connectivity index (χ2n) is 3.53. The average Bonchev–Trinajstić information content (AvgIpc) is 2.30. The van der Waals surface area contributed by atoms with E-state index in [9.17, 15) is 14.7 Å². The van der Waals surface area contributed by atoms with Gasteiger partial charge in [0.25, 0.3) is 0 Å². The SMILES string of the molecule is COc1c(OC(C)=O)c2cc(O)ccc2oc1=O. The molecule has 0 bridgehead atoms. The Morgan fingerprint density at radius 1 is 1.33 bits per heavy atom. The summed E-state index contributed by atoms with van der Waals surface area (Å²) in [5.41, 5.74) is -0.568. The molecule has 0 saturated carbocycles. The molecule has 6 heteroatoms. The van der Waals surface area contributed by atoms with Gasteiger partial charge in [0.1, 0.15) is 11.3 Å². The maximum atomic E-state index is 11.6. The van der Waals surface area contributed by atoms with Crippen LogP contribution in [0.1, 0.15) is 6.92 Å². The van der Waals surface area contributed by atoms with Gasteiger partial charge in [-0.15, -0.1) is 0 Å². The van der Waals surface area contributed by atoms with Gasteiger partial charge in [-0.05, 0) is 18.2 Å². The van der Waals surface area contributed by atoms with Gasteiger partial charge in [0, 0.05) is 6.92 Å². The number of ether oxygens (including phenoxy) is 2.